The average molecular weight is 388 g/mol. The molecule has 0 saturated carbocycles. The highest BCUT2D eigenvalue weighted by Crippen LogP contribution is 2.25. The van der Waals surface area contributed by atoms with Crippen LogP contribution in [0.4, 0.5) is 5.69 Å². The smallest absolute Gasteiger partial charge is 0.253 e. The highest BCUT2D eigenvalue weighted by atomic mass is 32.2. The van der Waals surface area contributed by atoms with E-state index in [-0.39, 0.29) is 11.7 Å². The lowest BCUT2D eigenvalue weighted by atomic mass is 10.1. The number of hydrogen-bond donors (Lipinski definition) is 0. The minimum atomic E-state index is -3.26. The largest absolute Gasteiger partial charge is 0.492 e. The van der Waals surface area contributed by atoms with Crippen molar-refractivity contribution in [3.05, 3.63) is 59.7 Å². The summed E-state index contributed by atoms with van der Waals surface area (Å²) in [5, 5.41) is 0. The predicted octanol–water partition coefficient (Wildman–Crippen LogP) is 2.69. The molecule has 27 heavy (non-hydrogen) atoms. The van der Waals surface area contributed by atoms with E-state index in [0.29, 0.717) is 37.4 Å². The van der Waals surface area contributed by atoms with Gasteiger partial charge >= 0.3 is 0 Å². The maximum atomic E-state index is 12.7. The van der Waals surface area contributed by atoms with Crippen LogP contribution in [0.3, 0.4) is 0 Å². The van der Waals surface area contributed by atoms with E-state index in [1.165, 1.54) is 4.31 Å². The Morgan fingerprint density at radius 3 is 2.67 bits per heavy atom. The van der Waals surface area contributed by atoms with E-state index in [9.17, 15) is 13.2 Å². The molecule has 144 valence electrons. The van der Waals surface area contributed by atoms with E-state index < -0.39 is 10.0 Å². The molecule has 2 aromatic carbocycles. The van der Waals surface area contributed by atoms with E-state index in [2.05, 4.69) is 0 Å². The van der Waals surface area contributed by atoms with Crippen LogP contribution >= 0.6 is 0 Å². The van der Waals surface area contributed by atoms with Gasteiger partial charge in [-0.2, -0.15) is 0 Å². The Morgan fingerprint density at radius 1 is 1.19 bits per heavy atom. The molecular formula is C20H24N2O4S. The number of likely N-dealkylation sites (N-methyl/N-ethyl adjacent to an activating group) is 1. The lowest BCUT2D eigenvalue weighted by Gasteiger charge is -2.20. The molecule has 6 nitrogen and oxygen atoms in total. The van der Waals surface area contributed by atoms with Gasteiger partial charge in [-0.3, -0.25) is 9.10 Å². The van der Waals surface area contributed by atoms with Gasteiger partial charge < -0.3 is 9.64 Å². The Balaban J connectivity index is 1.62. The second kappa shape index (κ2) is 8.00. The molecule has 2 aromatic rings. The van der Waals surface area contributed by atoms with Crippen molar-refractivity contribution < 1.29 is 17.9 Å². The summed E-state index contributed by atoms with van der Waals surface area (Å²) in [6, 6.07) is 14.5. The highest BCUT2D eigenvalue weighted by molar-refractivity contribution is 7.93. The van der Waals surface area contributed by atoms with Crippen LogP contribution in [-0.2, 0) is 10.0 Å². The second-order valence-corrected chi connectivity index (χ2v) is 8.70. The van der Waals surface area contributed by atoms with Crippen molar-refractivity contribution >= 4 is 21.6 Å². The van der Waals surface area contributed by atoms with Crippen LogP contribution in [0, 0.1) is 6.92 Å². The van der Waals surface area contributed by atoms with Crippen LogP contribution in [0.2, 0.25) is 0 Å². The third kappa shape index (κ3) is 4.60. The minimum Gasteiger partial charge on any atom is -0.492 e. The Labute approximate surface area is 160 Å². The van der Waals surface area contributed by atoms with Gasteiger partial charge in [0.2, 0.25) is 10.0 Å². The minimum absolute atomic E-state index is 0.154. The Kier molecular flexibility index (Phi) is 5.70. The normalized spacial score (nSPS) is 15.6. The molecule has 1 amide bonds. The first kappa shape index (κ1) is 19.2. The van der Waals surface area contributed by atoms with Crippen molar-refractivity contribution in [1.82, 2.24) is 4.90 Å². The maximum Gasteiger partial charge on any atom is 0.253 e. The number of hydrogen-bond acceptors (Lipinski definition) is 4. The quantitative estimate of drug-likeness (QED) is 0.763. The molecule has 0 bridgehead atoms. The van der Waals surface area contributed by atoms with Crippen LogP contribution < -0.4 is 9.04 Å². The summed E-state index contributed by atoms with van der Waals surface area (Å²) in [7, 11) is -1.55. The van der Waals surface area contributed by atoms with Crippen LogP contribution in [0.25, 0.3) is 0 Å². The average Bonchev–Trinajstić information content (AvgIpc) is 3.00. The van der Waals surface area contributed by atoms with E-state index in [4.69, 9.17) is 4.74 Å². The molecule has 3 rings (SSSR count). The summed E-state index contributed by atoms with van der Waals surface area (Å²) in [5.74, 6) is 0.764. The van der Waals surface area contributed by atoms with Gasteiger partial charge in [0.05, 0.1) is 18.0 Å². The number of nitrogens with zero attached hydrogens (tertiary/aromatic N) is 2. The Morgan fingerprint density at radius 2 is 1.96 bits per heavy atom. The van der Waals surface area contributed by atoms with Crippen molar-refractivity contribution in [3.63, 3.8) is 0 Å². The second-order valence-electron chi connectivity index (χ2n) is 6.68. The topological polar surface area (TPSA) is 66.9 Å². The fraction of sp³-hybridized carbons (Fsp3) is 0.350. The number of anilines is 1. The third-order valence-electron chi connectivity index (χ3n) is 4.51. The molecule has 0 N–H and O–H groups in total. The van der Waals surface area contributed by atoms with Gasteiger partial charge in [0.15, 0.2) is 0 Å². The number of carbonyl (C=O) groups is 1. The van der Waals surface area contributed by atoms with E-state index >= 15 is 0 Å². The zero-order valence-electron chi connectivity index (χ0n) is 15.6. The van der Waals surface area contributed by atoms with E-state index in [1.54, 1.807) is 36.2 Å². The summed E-state index contributed by atoms with van der Waals surface area (Å²) in [4.78, 5) is 14.2. The lowest BCUT2D eigenvalue weighted by molar-refractivity contribution is 0.0774. The first-order valence-corrected chi connectivity index (χ1v) is 10.5. The molecule has 1 saturated heterocycles. The molecule has 0 unspecified atom stereocenters. The molecule has 0 aromatic heterocycles. The molecule has 1 heterocycles. The third-order valence-corrected chi connectivity index (χ3v) is 6.38. The Bertz CT molecular complexity index is 927. The number of amides is 1. The number of ether oxygens (including phenoxy) is 1. The zero-order valence-corrected chi connectivity index (χ0v) is 16.4. The van der Waals surface area contributed by atoms with Gasteiger partial charge in [0.25, 0.3) is 5.91 Å². The van der Waals surface area contributed by atoms with Crippen molar-refractivity contribution in [2.24, 2.45) is 0 Å². The van der Waals surface area contributed by atoms with Crippen LogP contribution in [0.5, 0.6) is 5.75 Å². The van der Waals surface area contributed by atoms with Gasteiger partial charge in [-0.15, -0.1) is 0 Å². The standard InChI is InChI=1S/C20H24N2O4S/c1-16-6-3-9-19(14-16)26-12-11-21(2)20(23)17-7-4-8-18(15-17)22-10-5-13-27(22,24)25/h3-4,6-9,14-15H,5,10-13H2,1-2H3. The monoisotopic (exact) mass is 388 g/mol. The first-order valence-electron chi connectivity index (χ1n) is 8.92. The van der Waals surface area contributed by atoms with Crippen molar-refractivity contribution in [2.45, 2.75) is 13.3 Å². The van der Waals surface area contributed by atoms with Crippen molar-refractivity contribution in [1.29, 1.82) is 0 Å². The number of sulfonamides is 1. The number of benzene rings is 2. The molecule has 0 spiro atoms. The van der Waals surface area contributed by atoms with Gasteiger partial charge in [-0.1, -0.05) is 18.2 Å². The van der Waals surface area contributed by atoms with Crippen LogP contribution in [-0.4, -0.2) is 51.7 Å². The molecule has 0 atom stereocenters. The molecule has 0 radical (unpaired) electrons. The van der Waals surface area contributed by atoms with Crippen LogP contribution in [0.1, 0.15) is 22.3 Å². The highest BCUT2D eigenvalue weighted by Gasteiger charge is 2.28. The van der Waals surface area contributed by atoms with Gasteiger partial charge in [0.1, 0.15) is 12.4 Å². The van der Waals surface area contributed by atoms with Gasteiger partial charge in [0, 0.05) is 19.2 Å². The Hall–Kier alpha value is -2.54. The first-order chi connectivity index (χ1) is 12.9. The molecule has 1 aliphatic heterocycles. The lowest BCUT2D eigenvalue weighted by Crippen LogP contribution is -2.31. The van der Waals surface area contributed by atoms with Gasteiger partial charge in [-0.05, 0) is 49.2 Å². The number of rotatable bonds is 6. The molecule has 7 heteroatoms. The summed E-state index contributed by atoms with van der Waals surface area (Å²) < 4.78 is 31.3. The van der Waals surface area contributed by atoms with Gasteiger partial charge in [-0.25, -0.2) is 8.42 Å². The summed E-state index contributed by atoms with van der Waals surface area (Å²) in [6.07, 6.45) is 0.608. The van der Waals surface area contributed by atoms with Crippen molar-refractivity contribution in [2.75, 3.05) is 36.8 Å². The predicted molar refractivity (Wildman–Crippen MR) is 106 cm³/mol. The fourth-order valence-corrected chi connectivity index (χ4v) is 4.61. The molecular weight excluding hydrogens is 364 g/mol. The molecule has 1 aliphatic rings. The SMILES string of the molecule is Cc1cccc(OCCN(C)C(=O)c2cccc(N3CCCS3(=O)=O)c2)c1. The summed E-state index contributed by atoms with van der Waals surface area (Å²) in [5.41, 5.74) is 2.13. The van der Waals surface area contributed by atoms with Crippen LogP contribution in [0.15, 0.2) is 48.5 Å². The van der Waals surface area contributed by atoms with E-state index in [1.807, 2.05) is 31.2 Å². The summed E-state index contributed by atoms with van der Waals surface area (Å²) >= 11 is 0. The molecule has 1 fully saturated rings. The summed E-state index contributed by atoms with van der Waals surface area (Å²) in [6.45, 7) is 3.27. The van der Waals surface area contributed by atoms with Crippen molar-refractivity contribution in [3.8, 4) is 5.75 Å². The number of aryl methyl sites for hydroxylation is 1. The number of carbonyl (C=O) groups excluding carboxylic acids is 1. The molecule has 0 aliphatic carbocycles. The van der Waals surface area contributed by atoms with E-state index in [0.717, 1.165) is 11.3 Å². The fourth-order valence-electron chi connectivity index (χ4n) is 3.05. The maximum absolute atomic E-state index is 12.7. The zero-order chi connectivity index (χ0) is 19.4.